The average molecular weight is 224 g/mol. The molecule has 0 aliphatic heterocycles. The van der Waals surface area contributed by atoms with Crippen molar-refractivity contribution in [2.45, 2.75) is 12.3 Å². The van der Waals surface area contributed by atoms with Crippen LogP contribution in [0.15, 0.2) is 48.5 Å². The maximum atomic E-state index is 11.9. The van der Waals surface area contributed by atoms with E-state index in [-0.39, 0.29) is 17.5 Å². The van der Waals surface area contributed by atoms with E-state index in [0.717, 1.165) is 11.1 Å². The van der Waals surface area contributed by atoms with Crippen LogP contribution in [0.4, 0.5) is 0 Å². The Bertz CT molecular complexity index is 573. The van der Waals surface area contributed by atoms with Crippen molar-refractivity contribution in [1.29, 1.82) is 0 Å². The Balaban J connectivity index is 2.11. The molecule has 1 N–H and O–H groups in total. The quantitative estimate of drug-likeness (QED) is 0.808. The summed E-state index contributed by atoms with van der Waals surface area (Å²) in [5.41, 5.74) is 2.85. The number of benzene rings is 2. The number of ketones is 1. The number of phenols is 1. The first-order chi connectivity index (χ1) is 8.25. The summed E-state index contributed by atoms with van der Waals surface area (Å²) in [5, 5.41) is 9.42. The van der Waals surface area contributed by atoms with Gasteiger partial charge in [-0.05, 0) is 23.3 Å². The lowest BCUT2D eigenvalue weighted by Gasteiger charge is -2.10. The predicted octanol–water partition coefficient (Wildman–Crippen LogP) is 3.11. The summed E-state index contributed by atoms with van der Waals surface area (Å²) in [4.78, 5) is 11.9. The van der Waals surface area contributed by atoms with Crippen molar-refractivity contribution in [3.8, 4) is 5.75 Å². The number of Topliss-reactive ketones (excluding diaryl/α,β-unsaturated/α-hetero) is 1. The van der Waals surface area contributed by atoms with Gasteiger partial charge in [0.2, 0.25) is 0 Å². The number of aromatic hydroxyl groups is 1. The van der Waals surface area contributed by atoms with E-state index in [2.05, 4.69) is 0 Å². The number of hydrogen-bond acceptors (Lipinski definition) is 2. The standard InChI is InChI=1S/C15H12O2/c16-11-6-7-12-13(9-15(17)14(12)8-11)10-4-2-1-3-5-10/h1-8,13,16H,9H2. The zero-order valence-electron chi connectivity index (χ0n) is 9.26. The largest absolute Gasteiger partial charge is 0.508 e. The molecule has 2 aromatic rings. The number of carbonyl (C=O) groups excluding carboxylic acids is 1. The van der Waals surface area contributed by atoms with Gasteiger partial charge in [0.05, 0.1) is 0 Å². The Hall–Kier alpha value is -2.09. The fourth-order valence-electron chi connectivity index (χ4n) is 2.48. The highest BCUT2D eigenvalue weighted by atomic mass is 16.3. The molecule has 0 aromatic heterocycles. The van der Waals surface area contributed by atoms with Crippen molar-refractivity contribution >= 4 is 5.78 Å². The zero-order chi connectivity index (χ0) is 11.8. The van der Waals surface area contributed by atoms with Gasteiger partial charge in [0, 0.05) is 17.9 Å². The van der Waals surface area contributed by atoms with Gasteiger partial charge in [0.25, 0.3) is 0 Å². The van der Waals surface area contributed by atoms with Gasteiger partial charge < -0.3 is 5.11 Å². The van der Waals surface area contributed by atoms with E-state index in [4.69, 9.17) is 0 Å². The Kier molecular flexibility index (Phi) is 2.22. The Morgan fingerprint density at radius 2 is 1.82 bits per heavy atom. The lowest BCUT2D eigenvalue weighted by molar-refractivity contribution is 0.0991. The van der Waals surface area contributed by atoms with Gasteiger partial charge in [-0.25, -0.2) is 0 Å². The molecule has 0 fully saturated rings. The molecule has 1 aliphatic rings. The highest BCUT2D eigenvalue weighted by Gasteiger charge is 2.30. The van der Waals surface area contributed by atoms with Gasteiger partial charge in [0.1, 0.15) is 5.75 Å². The smallest absolute Gasteiger partial charge is 0.164 e. The first kappa shape index (κ1) is 10.1. The predicted molar refractivity (Wildman–Crippen MR) is 65.3 cm³/mol. The number of phenolic OH excluding ortho intramolecular Hbond substituents is 1. The van der Waals surface area contributed by atoms with Crippen LogP contribution in [0, 0.1) is 0 Å². The molecule has 0 radical (unpaired) electrons. The lowest BCUT2D eigenvalue weighted by atomic mass is 9.93. The van der Waals surface area contributed by atoms with Crippen LogP contribution in [-0.4, -0.2) is 10.9 Å². The molecule has 0 bridgehead atoms. The molecule has 3 rings (SSSR count). The van der Waals surface area contributed by atoms with Gasteiger partial charge in [-0.2, -0.15) is 0 Å². The van der Waals surface area contributed by atoms with E-state index in [1.165, 1.54) is 0 Å². The minimum atomic E-state index is 0.116. The first-order valence-electron chi connectivity index (χ1n) is 5.67. The Morgan fingerprint density at radius 3 is 2.59 bits per heavy atom. The van der Waals surface area contributed by atoms with E-state index in [0.29, 0.717) is 12.0 Å². The van der Waals surface area contributed by atoms with Crippen molar-refractivity contribution in [3.05, 3.63) is 65.2 Å². The van der Waals surface area contributed by atoms with E-state index >= 15 is 0 Å². The summed E-state index contributed by atoms with van der Waals surface area (Å²) in [5.74, 6) is 0.412. The van der Waals surface area contributed by atoms with Crippen LogP contribution in [0.3, 0.4) is 0 Å². The van der Waals surface area contributed by atoms with E-state index < -0.39 is 0 Å². The van der Waals surface area contributed by atoms with Crippen LogP contribution in [0.25, 0.3) is 0 Å². The number of carbonyl (C=O) groups is 1. The van der Waals surface area contributed by atoms with Crippen LogP contribution in [0.5, 0.6) is 5.75 Å². The number of fused-ring (bicyclic) bond motifs is 1. The van der Waals surface area contributed by atoms with Gasteiger partial charge >= 0.3 is 0 Å². The fraction of sp³-hybridized carbons (Fsp3) is 0.133. The maximum Gasteiger partial charge on any atom is 0.164 e. The second kappa shape index (κ2) is 3.74. The third-order valence-corrected chi connectivity index (χ3v) is 3.30. The molecule has 1 unspecified atom stereocenters. The number of rotatable bonds is 1. The van der Waals surface area contributed by atoms with E-state index in [9.17, 15) is 9.90 Å². The summed E-state index contributed by atoms with van der Waals surface area (Å²) < 4.78 is 0. The Labute approximate surface area is 99.5 Å². The summed E-state index contributed by atoms with van der Waals surface area (Å²) in [6, 6.07) is 15.1. The molecule has 84 valence electrons. The van der Waals surface area contributed by atoms with E-state index in [1.807, 2.05) is 36.4 Å². The van der Waals surface area contributed by atoms with Crippen molar-refractivity contribution in [2.75, 3.05) is 0 Å². The van der Waals surface area contributed by atoms with Gasteiger partial charge in [-0.15, -0.1) is 0 Å². The van der Waals surface area contributed by atoms with Crippen molar-refractivity contribution in [2.24, 2.45) is 0 Å². The summed E-state index contributed by atoms with van der Waals surface area (Å²) >= 11 is 0. The monoisotopic (exact) mass is 224 g/mol. The molecule has 2 aromatic carbocycles. The molecule has 0 saturated heterocycles. The van der Waals surface area contributed by atoms with Crippen molar-refractivity contribution in [1.82, 2.24) is 0 Å². The second-order valence-corrected chi connectivity index (χ2v) is 4.36. The summed E-state index contributed by atoms with van der Waals surface area (Å²) in [6.45, 7) is 0. The van der Waals surface area contributed by atoms with Crippen LogP contribution >= 0.6 is 0 Å². The van der Waals surface area contributed by atoms with Crippen LogP contribution in [-0.2, 0) is 0 Å². The molecule has 17 heavy (non-hydrogen) atoms. The normalized spacial score (nSPS) is 18.1. The molecule has 0 spiro atoms. The third-order valence-electron chi connectivity index (χ3n) is 3.30. The SMILES string of the molecule is O=C1CC(c2ccccc2)c2ccc(O)cc21. The maximum absolute atomic E-state index is 11.9. The molecule has 0 amide bonds. The number of hydrogen-bond donors (Lipinski definition) is 1. The molecular weight excluding hydrogens is 212 g/mol. The minimum Gasteiger partial charge on any atom is -0.508 e. The van der Waals surface area contributed by atoms with Gasteiger partial charge in [-0.1, -0.05) is 36.4 Å². The Morgan fingerprint density at radius 1 is 1.06 bits per heavy atom. The van der Waals surface area contributed by atoms with Gasteiger partial charge in [-0.3, -0.25) is 4.79 Å². The molecule has 1 aliphatic carbocycles. The fourth-order valence-corrected chi connectivity index (χ4v) is 2.48. The minimum absolute atomic E-state index is 0.116. The van der Waals surface area contributed by atoms with Gasteiger partial charge in [0.15, 0.2) is 5.78 Å². The summed E-state index contributed by atoms with van der Waals surface area (Å²) in [7, 11) is 0. The molecule has 2 heteroatoms. The highest BCUT2D eigenvalue weighted by molar-refractivity contribution is 6.02. The molecular formula is C15H12O2. The van der Waals surface area contributed by atoms with Crippen LogP contribution in [0.2, 0.25) is 0 Å². The van der Waals surface area contributed by atoms with E-state index in [1.54, 1.807) is 12.1 Å². The third kappa shape index (κ3) is 1.62. The van der Waals surface area contributed by atoms with Crippen molar-refractivity contribution < 1.29 is 9.90 Å². The molecule has 0 heterocycles. The van der Waals surface area contributed by atoms with Crippen LogP contribution in [0.1, 0.15) is 33.8 Å². The summed E-state index contributed by atoms with van der Waals surface area (Å²) in [6.07, 6.45) is 0.503. The molecule has 2 nitrogen and oxygen atoms in total. The molecule has 1 atom stereocenters. The lowest BCUT2D eigenvalue weighted by Crippen LogP contribution is -1.95. The topological polar surface area (TPSA) is 37.3 Å². The van der Waals surface area contributed by atoms with Crippen molar-refractivity contribution in [3.63, 3.8) is 0 Å². The first-order valence-corrected chi connectivity index (χ1v) is 5.67. The highest BCUT2D eigenvalue weighted by Crippen LogP contribution is 2.39. The molecule has 0 saturated carbocycles. The van der Waals surface area contributed by atoms with Crippen LogP contribution < -0.4 is 0 Å². The second-order valence-electron chi connectivity index (χ2n) is 4.36. The zero-order valence-corrected chi connectivity index (χ0v) is 9.26. The average Bonchev–Trinajstić information content (AvgIpc) is 2.68.